The highest BCUT2D eigenvalue weighted by molar-refractivity contribution is 7.89. The number of carbonyl (C=O) groups is 2. The summed E-state index contributed by atoms with van der Waals surface area (Å²) >= 11 is 0. The SMILES string of the molecule is CC(CC(=O)N1CCN(C(=O)C(NS(=O)(=O)c2ccccc2)C(C)C)CC1C)CC(C)(C)C. The molecule has 1 heterocycles. The minimum atomic E-state index is -3.82. The van der Waals surface area contributed by atoms with E-state index in [4.69, 9.17) is 0 Å². The Hall–Kier alpha value is -1.93. The van der Waals surface area contributed by atoms with Crippen molar-refractivity contribution in [1.29, 1.82) is 0 Å². The second kappa shape index (κ2) is 11.0. The van der Waals surface area contributed by atoms with E-state index >= 15 is 0 Å². The normalized spacial score (nSPS) is 19.5. The molecule has 8 heteroatoms. The maximum atomic E-state index is 13.3. The van der Waals surface area contributed by atoms with Gasteiger partial charge in [-0.25, -0.2) is 8.42 Å². The molecule has 1 aromatic rings. The Bertz CT molecular complexity index is 909. The standard InChI is InChI=1S/C25H41N3O4S/c1-18(2)23(26-33(31,32)21-11-9-8-10-12-21)24(30)27-13-14-28(20(4)17-27)22(29)15-19(3)16-25(5,6)7/h8-12,18-20,23,26H,13-17H2,1-7H3. The van der Waals surface area contributed by atoms with Crippen LogP contribution >= 0.6 is 0 Å². The molecule has 1 aliphatic heterocycles. The Morgan fingerprint density at radius 1 is 1.09 bits per heavy atom. The molecule has 33 heavy (non-hydrogen) atoms. The fraction of sp³-hybridized carbons (Fsp3) is 0.680. The molecule has 1 fully saturated rings. The molecule has 0 radical (unpaired) electrons. The molecule has 0 aromatic heterocycles. The van der Waals surface area contributed by atoms with E-state index in [1.54, 1.807) is 23.1 Å². The molecule has 186 valence electrons. The highest BCUT2D eigenvalue weighted by Gasteiger charge is 2.36. The third-order valence-electron chi connectivity index (χ3n) is 6.01. The fourth-order valence-electron chi connectivity index (χ4n) is 4.56. The van der Waals surface area contributed by atoms with Crippen molar-refractivity contribution in [1.82, 2.24) is 14.5 Å². The lowest BCUT2D eigenvalue weighted by atomic mass is 9.84. The summed E-state index contributed by atoms with van der Waals surface area (Å²) in [5, 5.41) is 0. The first-order valence-corrected chi connectivity index (χ1v) is 13.3. The van der Waals surface area contributed by atoms with E-state index in [1.165, 1.54) is 12.1 Å². The molecule has 1 aromatic carbocycles. The van der Waals surface area contributed by atoms with Crippen LogP contribution in [-0.4, -0.2) is 61.7 Å². The molecule has 0 aliphatic carbocycles. The molecular formula is C25H41N3O4S. The number of sulfonamides is 1. The van der Waals surface area contributed by atoms with Crippen LogP contribution in [0, 0.1) is 17.3 Å². The number of rotatable bonds is 8. The van der Waals surface area contributed by atoms with Crippen molar-refractivity contribution in [2.24, 2.45) is 17.3 Å². The predicted octanol–water partition coefficient (Wildman–Crippen LogP) is 3.51. The first kappa shape index (κ1) is 27.3. The smallest absolute Gasteiger partial charge is 0.241 e. The van der Waals surface area contributed by atoms with E-state index in [2.05, 4.69) is 32.4 Å². The van der Waals surface area contributed by atoms with Crippen LogP contribution in [0.2, 0.25) is 0 Å². The number of hydrogen-bond acceptors (Lipinski definition) is 4. The van der Waals surface area contributed by atoms with Gasteiger partial charge in [-0.3, -0.25) is 9.59 Å². The average molecular weight is 480 g/mol. The van der Waals surface area contributed by atoms with Gasteiger partial charge in [0.15, 0.2) is 0 Å². The lowest BCUT2D eigenvalue weighted by Crippen LogP contribution is -2.60. The summed E-state index contributed by atoms with van der Waals surface area (Å²) in [5.74, 6) is -0.0487. The summed E-state index contributed by atoms with van der Waals surface area (Å²) in [6.45, 7) is 15.5. The quantitative estimate of drug-likeness (QED) is 0.618. The Kier molecular flexibility index (Phi) is 9.10. The van der Waals surface area contributed by atoms with E-state index in [-0.39, 0.29) is 34.1 Å². The molecule has 2 amide bonds. The van der Waals surface area contributed by atoms with Gasteiger partial charge in [-0.2, -0.15) is 4.72 Å². The monoisotopic (exact) mass is 479 g/mol. The maximum absolute atomic E-state index is 13.3. The van der Waals surface area contributed by atoms with Gasteiger partial charge < -0.3 is 9.80 Å². The molecule has 1 N–H and O–H groups in total. The van der Waals surface area contributed by atoms with E-state index < -0.39 is 16.1 Å². The third-order valence-corrected chi connectivity index (χ3v) is 7.47. The minimum absolute atomic E-state index is 0.115. The predicted molar refractivity (Wildman–Crippen MR) is 131 cm³/mol. The Morgan fingerprint density at radius 3 is 2.21 bits per heavy atom. The van der Waals surface area contributed by atoms with Crippen LogP contribution in [0.5, 0.6) is 0 Å². The van der Waals surface area contributed by atoms with Gasteiger partial charge in [0.2, 0.25) is 21.8 Å². The lowest BCUT2D eigenvalue weighted by molar-refractivity contribution is -0.144. The van der Waals surface area contributed by atoms with Crippen molar-refractivity contribution < 1.29 is 18.0 Å². The largest absolute Gasteiger partial charge is 0.337 e. The van der Waals surface area contributed by atoms with Crippen molar-refractivity contribution in [3.8, 4) is 0 Å². The first-order chi connectivity index (χ1) is 15.2. The number of carbonyl (C=O) groups excluding carboxylic acids is 2. The third kappa shape index (κ3) is 7.81. The van der Waals surface area contributed by atoms with Crippen LogP contribution in [-0.2, 0) is 19.6 Å². The molecule has 1 saturated heterocycles. The van der Waals surface area contributed by atoms with Gasteiger partial charge in [0, 0.05) is 32.1 Å². The second-order valence-corrected chi connectivity index (χ2v) is 12.7. The van der Waals surface area contributed by atoms with E-state index in [0.29, 0.717) is 32.0 Å². The number of amides is 2. The van der Waals surface area contributed by atoms with Crippen LogP contribution < -0.4 is 4.72 Å². The van der Waals surface area contributed by atoms with Gasteiger partial charge in [-0.1, -0.05) is 59.7 Å². The first-order valence-electron chi connectivity index (χ1n) is 11.9. The van der Waals surface area contributed by atoms with Crippen molar-refractivity contribution in [3.63, 3.8) is 0 Å². The Morgan fingerprint density at radius 2 is 1.70 bits per heavy atom. The number of nitrogens with one attached hydrogen (secondary N) is 1. The highest BCUT2D eigenvalue weighted by atomic mass is 32.2. The van der Waals surface area contributed by atoms with Gasteiger partial charge in [0.25, 0.3) is 0 Å². The zero-order valence-corrected chi connectivity index (χ0v) is 22.0. The molecule has 2 rings (SSSR count). The second-order valence-electron chi connectivity index (χ2n) is 11.0. The summed E-state index contributed by atoms with van der Waals surface area (Å²) in [7, 11) is -3.82. The summed E-state index contributed by atoms with van der Waals surface area (Å²) in [6, 6.07) is 7.10. The van der Waals surface area contributed by atoms with Gasteiger partial charge in [0.05, 0.1) is 4.90 Å². The summed E-state index contributed by atoms with van der Waals surface area (Å²) in [6.07, 6.45) is 1.48. The Labute approximate surface area is 200 Å². The number of benzene rings is 1. The Balaban J connectivity index is 2.03. The van der Waals surface area contributed by atoms with Gasteiger partial charge >= 0.3 is 0 Å². The molecule has 3 atom stereocenters. The molecule has 0 bridgehead atoms. The van der Waals surface area contributed by atoms with Gasteiger partial charge in [-0.15, -0.1) is 0 Å². The van der Waals surface area contributed by atoms with E-state index in [0.717, 1.165) is 6.42 Å². The fourth-order valence-corrected chi connectivity index (χ4v) is 5.92. The maximum Gasteiger partial charge on any atom is 0.241 e. The number of hydrogen-bond donors (Lipinski definition) is 1. The molecule has 7 nitrogen and oxygen atoms in total. The van der Waals surface area contributed by atoms with Crippen molar-refractivity contribution >= 4 is 21.8 Å². The molecule has 0 spiro atoms. The number of nitrogens with zero attached hydrogens (tertiary/aromatic N) is 2. The highest BCUT2D eigenvalue weighted by Crippen LogP contribution is 2.27. The van der Waals surface area contributed by atoms with Gasteiger partial charge in [-0.05, 0) is 42.7 Å². The van der Waals surface area contributed by atoms with Crippen LogP contribution in [0.25, 0.3) is 0 Å². The molecule has 0 saturated carbocycles. The van der Waals surface area contributed by atoms with E-state index in [9.17, 15) is 18.0 Å². The minimum Gasteiger partial charge on any atom is -0.337 e. The van der Waals surface area contributed by atoms with E-state index in [1.807, 2.05) is 25.7 Å². The zero-order valence-electron chi connectivity index (χ0n) is 21.2. The van der Waals surface area contributed by atoms with Crippen LogP contribution in [0.3, 0.4) is 0 Å². The summed E-state index contributed by atoms with van der Waals surface area (Å²) < 4.78 is 28.2. The summed E-state index contributed by atoms with van der Waals surface area (Å²) in [4.78, 5) is 29.9. The number of piperazine rings is 1. The van der Waals surface area contributed by atoms with Crippen molar-refractivity contribution in [3.05, 3.63) is 30.3 Å². The molecular weight excluding hydrogens is 438 g/mol. The topological polar surface area (TPSA) is 86.8 Å². The zero-order chi connectivity index (χ0) is 25.0. The van der Waals surface area contributed by atoms with Gasteiger partial charge in [0.1, 0.15) is 6.04 Å². The lowest BCUT2D eigenvalue weighted by Gasteiger charge is -2.42. The van der Waals surface area contributed by atoms with Crippen LogP contribution in [0.1, 0.15) is 61.3 Å². The van der Waals surface area contributed by atoms with Crippen LogP contribution in [0.4, 0.5) is 0 Å². The van der Waals surface area contributed by atoms with Crippen LogP contribution in [0.15, 0.2) is 35.2 Å². The molecule has 3 unspecified atom stereocenters. The molecule has 1 aliphatic rings. The summed E-state index contributed by atoms with van der Waals surface area (Å²) in [5.41, 5.74) is 0.176. The van der Waals surface area contributed by atoms with Crippen molar-refractivity contribution in [2.45, 2.75) is 78.3 Å². The average Bonchev–Trinajstić information content (AvgIpc) is 2.70. The van der Waals surface area contributed by atoms with Crippen molar-refractivity contribution in [2.75, 3.05) is 19.6 Å².